The third-order valence-corrected chi connectivity index (χ3v) is 3.24. The lowest BCUT2D eigenvalue weighted by molar-refractivity contribution is 0.0696. The van der Waals surface area contributed by atoms with E-state index in [2.05, 4.69) is 21.8 Å². The molecule has 2 rings (SSSR count). The highest BCUT2D eigenvalue weighted by molar-refractivity contribution is 5.86. The molecule has 0 aromatic carbocycles. The van der Waals surface area contributed by atoms with E-state index in [4.69, 9.17) is 5.11 Å². The van der Waals surface area contributed by atoms with Crippen molar-refractivity contribution in [3.63, 3.8) is 0 Å². The number of hydrogen-bond acceptors (Lipinski definition) is 4. The second-order valence-corrected chi connectivity index (χ2v) is 4.33. The molecular formula is C12H17N3O2. The SMILES string of the molecule is CCC1CCCCN1c1ncc(C(=O)O)cn1. The van der Waals surface area contributed by atoms with Crippen LogP contribution in [-0.2, 0) is 0 Å². The van der Waals surface area contributed by atoms with Gasteiger partial charge in [0.1, 0.15) is 0 Å². The maximum Gasteiger partial charge on any atom is 0.338 e. The standard InChI is InChI=1S/C12H17N3O2/c1-2-10-5-3-4-6-15(10)12-13-7-9(8-14-12)11(16)17/h7-8,10H,2-6H2,1H3,(H,16,17). The number of piperidine rings is 1. The fraction of sp³-hybridized carbons (Fsp3) is 0.583. The number of hydrogen-bond donors (Lipinski definition) is 1. The van der Waals surface area contributed by atoms with Crippen LogP contribution in [-0.4, -0.2) is 33.6 Å². The Morgan fingerprint density at radius 1 is 1.47 bits per heavy atom. The molecule has 2 heterocycles. The van der Waals surface area contributed by atoms with Crippen molar-refractivity contribution >= 4 is 11.9 Å². The molecule has 92 valence electrons. The summed E-state index contributed by atoms with van der Waals surface area (Å²) in [7, 11) is 0. The van der Waals surface area contributed by atoms with Crippen molar-refractivity contribution < 1.29 is 9.90 Å². The number of carbonyl (C=O) groups is 1. The summed E-state index contributed by atoms with van der Waals surface area (Å²) in [6.07, 6.45) is 7.41. The Kier molecular flexibility index (Phi) is 3.56. The van der Waals surface area contributed by atoms with Gasteiger partial charge in [0, 0.05) is 25.0 Å². The Morgan fingerprint density at radius 2 is 2.18 bits per heavy atom. The van der Waals surface area contributed by atoms with Gasteiger partial charge in [-0.3, -0.25) is 0 Å². The largest absolute Gasteiger partial charge is 0.478 e. The molecule has 5 nitrogen and oxygen atoms in total. The first-order valence-corrected chi connectivity index (χ1v) is 6.04. The number of carboxylic acid groups (broad SMARTS) is 1. The summed E-state index contributed by atoms with van der Waals surface area (Å²) in [5, 5.41) is 8.79. The van der Waals surface area contributed by atoms with Crippen LogP contribution in [0.4, 0.5) is 5.95 Å². The van der Waals surface area contributed by atoms with E-state index in [1.54, 1.807) is 0 Å². The molecule has 1 unspecified atom stereocenters. The lowest BCUT2D eigenvalue weighted by Gasteiger charge is -2.35. The smallest absolute Gasteiger partial charge is 0.338 e. The fourth-order valence-electron chi connectivity index (χ4n) is 2.27. The molecule has 1 aliphatic rings. The fourth-order valence-corrected chi connectivity index (χ4v) is 2.27. The van der Waals surface area contributed by atoms with Crippen LogP contribution in [0.15, 0.2) is 12.4 Å². The summed E-state index contributed by atoms with van der Waals surface area (Å²) >= 11 is 0. The number of nitrogens with zero attached hydrogens (tertiary/aromatic N) is 3. The van der Waals surface area contributed by atoms with Gasteiger partial charge in [0.25, 0.3) is 0 Å². The van der Waals surface area contributed by atoms with Crippen molar-refractivity contribution in [1.82, 2.24) is 9.97 Å². The van der Waals surface area contributed by atoms with Gasteiger partial charge in [-0.25, -0.2) is 14.8 Å². The summed E-state index contributed by atoms with van der Waals surface area (Å²) in [6.45, 7) is 3.12. The Balaban J connectivity index is 2.17. The Hall–Kier alpha value is -1.65. The molecule has 0 spiro atoms. The summed E-state index contributed by atoms with van der Waals surface area (Å²) in [4.78, 5) is 21.2. The molecular weight excluding hydrogens is 218 g/mol. The zero-order chi connectivity index (χ0) is 12.3. The lowest BCUT2D eigenvalue weighted by atomic mass is 10.0. The van der Waals surface area contributed by atoms with Crippen LogP contribution in [0.1, 0.15) is 43.0 Å². The van der Waals surface area contributed by atoms with Crippen LogP contribution in [0.3, 0.4) is 0 Å². The van der Waals surface area contributed by atoms with Gasteiger partial charge in [-0.1, -0.05) is 6.92 Å². The minimum atomic E-state index is -0.984. The quantitative estimate of drug-likeness (QED) is 0.867. The van der Waals surface area contributed by atoms with E-state index in [-0.39, 0.29) is 5.56 Å². The van der Waals surface area contributed by atoms with Gasteiger partial charge in [-0.2, -0.15) is 0 Å². The molecule has 1 aromatic rings. The van der Waals surface area contributed by atoms with Gasteiger partial charge in [-0.15, -0.1) is 0 Å². The first-order valence-electron chi connectivity index (χ1n) is 6.04. The molecule has 1 atom stereocenters. The van der Waals surface area contributed by atoms with Crippen LogP contribution in [0.2, 0.25) is 0 Å². The summed E-state index contributed by atoms with van der Waals surface area (Å²) < 4.78 is 0. The molecule has 0 aliphatic carbocycles. The number of aromatic nitrogens is 2. The van der Waals surface area contributed by atoms with Crippen molar-refractivity contribution in [3.05, 3.63) is 18.0 Å². The third-order valence-electron chi connectivity index (χ3n) is 3.24. The van der Waals surface area contributed by atoms with E-state index in [0.717, 1.165) is 19.4 Å². The molecule has 17 heavy (non-hydrogen) atoms. The summed E-state index contributed by atoms with van der Waals surface area (Å²) in [5.74, 6) is -0.330. The van der Waals surface area contributed by atoms with Gasteiger partial charge in [0.2, 0.25) is 5.95 Å². The van der Waals surface area contributed by atoms with Crippen molar-refractivity contribution in [2.75, 3.05) is 11.4 Å². The van der Waals surface area contributed by atoms with Crippen molar-refractivity contribution in [3.8, 4) is 0 Å². The van der Waals surface area contributed by atoms with E-state index in [1.165, 1.54) is 25.2 Å². The molecule has 5 heteroatoms. The normalized spacial score (nSPS) is 20.3. The maximum absolute atomic E-state index is 10.7. The average molecular weight is 235 g/mol. The van der Waals surface area contributed by atoms with Crippen molar-refractivity contribution in [2.24, 2.45) is 0 Å². The topological polar surface area (TPSA) is 66.3 Å². The van der Waals surface area contributed by atoms with Crippen LogP contribution < -0.4 is 4.90 Å². The lowest BCUT2D eigenvalue weighted by Crippen LogP contribution is -2.40. The number of aromatic carboxylic acids is 1. The molecule has 1 fully saturated rings. The van der Waals surface area contributed by atoms with Gasteiger partial charge in [0.05, 0.1) is 5.56 Å². The van der Waals surface area contributed by atoms with E-state index in [9.17, 15) is 4.79 Å². The highest BCUT2D eigenvalue weighted by atomic mass is 16.4. The van der Waals surface area contributed by atoms with Crippen LogP contribution in [0.25, 0.3) is 0 Å². The monoisotopic (exact) mass is 235 g/mol. The van der Waals surface area contributed by atoms with E-state index >= 15 is 0 Å². The Labute approximate surface area is 100 Å². The molecule has 0 bridgehead atoms. The predicted octanol–water partition coefficient (Wildman–Crippen LogP) is 1.94. The number of anilines is 1. The molecule has 1 saturated heterocycles. The van der Waals surface area contributed by atoms with Gasteiger partial charge in [-0.05, 0) is 25.7 Å². The minimum Gasteiger partial charge on any atom is -0.478 e. The van der Waals surface area contributed by atoms with Gasteiger partial charge >= 0.3 is 5.97 Å². The predicted molar refractivity (Wildman–Crippen MR) is 64.3 cm³/mol. The van der Waals surface area contributed by atoms with E-state index in [0.29, 0.717) is 12.0 Å². The number of rotatable bonds is 3. The first kappa shape index (κ1) is 11.8. The Morgan fingerprint density at radius 3 is 2.76 bits per heavy atom. The zero-order valence-electron chi connectivity index (χ0n) is 9.96. The summed E-state index contributed by atoms with van der Waals surface area (Å²) in [5.41, 5.74) is 0.138. The molecule has 1 N–H and O–H groups in total. The highest BCUT2D eigenvalue weighted by Gasteiger charge is 2.23. The minimum absolute atomic E-state index is 0.138. The second kappa shape index (κ2) is 5.12. The number of carboxylic acids is 1. The van der Waals surface area contributed by atoms with E-state index < -0.39 is 5.97 Å². The highest BCUT2D eigenvalue weighted by Crippen LogP contribution is 2.23. The molecule has 1 aromatic heterocycles. The van der Waals surface area contributed by atoms with Crippen LogP contribution in [0, 0.1) is 0 Å². The zero-order valence-corrected chi connectivity index (χ0v) is 9.96. The molecule has 0 radical (unpaired) electrons. The molecule has 0 amide bonds. The maximum atomic E-state index is 10.7. The van der Waals surface area contributed by atoms with Crippen molar-refractivity contribution in [2.45, 2.75) is 38.6 Å². The van der Waals surface area contributed by atoms with Gasteiger partial charge in [0.15, 0.2) is 0 Å². The summed E-state index contributed by atoms with van der Waals surface area (Å²) in [6, 6.07) is 0.486. The van der Waals surface area contributed by atoms with Crippen LogP contribution >= 0.6 is 0 Å². The first-order chi connectivity index (χ1) is 8.22. The average Bonchev–Trinajstić information content (AvgIpc) is 2.39. The van der Waals surface area contributed by atoms with E-state index in [1.807, 2.05) is 0 Å². The molecule has 1 aliphatic heterocycles. The molecule has 0 saturated carbocycles. The third kappa shape index (κ3) is 2.54. The van der Waals surface area contributed by atoms with Crippen LogP contribution in [0.5, 0.6) is 0 Å². The van der Waals surface area contributed by atoms with Crippen molar-refractivity contribution in [1.29, 1.82) is 0 Å². The van der Waals surface area contributed by atoms with Gasteiger partial charge < -0.3 is 10.0 Å². The second-order valence-electron chi connectivity index (χ2n) is 4.33. The Bertz CT molecular complexity index is 391.